The van der Waals surface area contributed by atoms with Crippen molar-refractivity contribution in [1.82, 2.24) is 10.2 Å². The summed E-state index contributed by atoms with van der Waals surface area (Å²) in [4.78, 5) is 25.8. The Morgan fingerprint density at radius 2 is 1.84 bits per heavy atom. The highest BCUT2D eigenvalue weighted by atomic mass is 35.5. The van der Waals surface area contributed by atoms with Gasteiger partial charge in [-0.05, 0) is 57.3 Å². The number of carbonyl (C=O) groups excluding carboxylic acids is 1. The van der Waals surface area contributed by atoms with E-state index in [1.165, 1.54) is 19.3 Å². The first-order valence-corrected chi connectivity index (χ1v) is 12.3. The molecule has 3 rings (SSSR count). The summed E-state index contributed by atoms with van der Waals surface area (Å²) in [6, 6.07) is 1.62. The molecular weight excluding hydrogens is 430 g/mol. The van der Waals surface area contributed by atoms with Crippen molar-refractivity contribution in [2.75, 3.05) is 38.5 Å². The predicted molar refractivity (Wildman–Crippen MR) is 127 cm³/mol. The average molecular weight is 466 g/mol. The van der Waals surface area contributed by atoms with Gasteiger partial charge in [0, 0.05) is 24.9 Å². The minimum Gasteiger partial charge on any atom is -0.492 e. The number of nitrogens with one attached hydrogen (secondary N) is 1. The number of aliphatic carboxylic acids is 1. The molecular formula is C24H36ClN3O4. The normalized spacial score (nSPS) is 16.5. The third-order valence-electron chi connectivity index (χ3n) is 6.59. The highest BCUT2D eigenvalue weighted by Crippen LogP contribution is 2.38. The molecule has 178 valence electrons. The summed E-state index contributed by atoms with van der Waals surface area (Å²) in [7, 11) is 0. The summed E-state index contributed by atoms with van der Waals surface area (Å²) in [5.74, 6) is 0.236. The smallest absolute Gasteiger partial charge is 0.303 e. The zero-order chi connectivity index (χ0) is 22.9. The van der Waals surface area contributed by atoms with Crippen LogP contribution in [0.4, 0.5) is 5.69 Å². The molecule has 0 bridgehead atoms. The van der Waals surface area contributed by atoms with Gasteiger partial charge in [0.05, 0.1) is 22.9 Å². The molecule has 8 heteroatoms. The van der Waals surface area contributed by atoms with E-state index in [1.54, 1.807) is 6.07 Å². The summed E-state index contributed by atoms with van der Waals surface area (Å²) in [6.45, 7) is 4.47. The first kappa shape index (κ1) is 24.6. The second-order valence-electron chi connectivity index (χ2n) is 8.99. The minimum absolute atomic E-state index is 0.143. The molecule has 0 saturated carbocycles. The Balaban J connectivity index is 1.30. The molecule has 2 aliphatic rings. The van der Waals surface area contributed by atoms with Gasteiger partial charge in [0.1, 0.15) is 5.75 Å². The van der Waals surface area contributed by atoms with Crippen molar-refractivity contribution >= 4 is 29.2 Å². The summed E-state index contributed by atoms with van der Waals surface area (Å²) in [5, 5.41) is 12.1. The third kappa shape index (κ3) is 7.01. The van der Waals surface area contributed by atoms with E-state index in [2.05, 4.69) is 10.2 Å². The molecule has 1 amide bonds. The quantitative estimate of drug-likeness (QED) is 0.317. The number of rotatable bonds is 12. The van der Waals surface area contributed by atoms with Crippen molar-refractivity contribution in [3.63, 3.8) is 0 Å². The van der Waals surface area contributed by atoms with Crippen LogP contribution in [0.15, 0.2) is 6.07 Å². The van der Waals surface area contributed by atoms with Crippen LogP contribution >= 0.6 is 11.6 Å². The second kappa shape index (κ2) is 12.3. The van der Waals surface area contributed by atoms with Crippen molar-refractivity contribution in [2.24, 2.45) is 5.92 Å². The van der Waals surface area contributed by atoms with Gasteiger partial charge in [-0.3, -0.25) is 9.59 Å². The monoisotopic (exact) mass is 465 g/mol. The number of nitrogen functional groups attached to an aromatic ring is 1. The number of hydrogen-bond acceptors (Lipinski definition) is 5. The lowest BCUT2D eigenvalue weighted by molar-refractivity contribution is -0.137. The van der Waals surface area contributed by atoms with Gasteiger partial charge < -0.3 is 25.8 Å². The van der Waals surface area contributed by atoms with Gasteiger partial charge in [0.15, 0.2) is 0 Å². The van der Waals surface area contributed by atoms with E-state index in [0.717, 1.165) is 57.3 Å². The Morgan fingerprint density at radius 1 is 1.16 bits per heavy atom. The van der Waals surface area contributed by atoms with Crippen molar-refractivity contribution in [3.8, 4) is 5.75 Å². The molecule has 0 atom stereocenters. The maximum absolute atomic E-state index is 12.7. The van der Waals surface area contributed by atoms with Crippen LogP contribution < -0.4 is 15.8 Å². The minimum atomic E-state index is -0.694. The number of nitrogens with zero attached hydrogens (tertiary/aromatic N) is 1. The van der Waals surface area contributed by atoms with Gasteiger partial charge in [0.25, 0.3) is 5.91 Å². The molecule has 4 N–H and O–H groups in total. The molecule has 7 nitrogen and oxygen atoms in total. The average Bonchev–Trinajstić information content (AvgIpc) is 3.27. The van der Waals surface area contributed by atoms with E-state index in [4.69, 9.17) is 27.2 Å². The third-order valence-corrected chi connectivity index (χ3v) is 6.90. The van der Waals surface area contributed by atoms with E-state index in [-0.39, 0.29) is 5.91 Å². The first-order chi connectivity index (χ1) is 15.5. The molecule has 0 spiro atoms. The van der Waals surface area contributed by atoms with E-state index >= 15 is 0 Å². The number of likely N-dealkylation sites (tertiary alicyclic amines) is 1. The van der Waals surface area contributed by atoms with Crippen LogP contribution in [0.25, 0.3) is 0 Å². The van der Waals surface area contributed by atoms with Gasteiger partial charge >= 0.3 is 5.97 Å². The first-order valence-electron chi connectivity index (χ1n) is 11.9. The number of amides is 1. The number of halogens is 1. The maximum atomic E-state index is 12.7. The molecule has 0 radical (unpaired) electrons. The number of carboxylic acids is 1. The SMILES string of the molecule is Nc1c(Cl)cc(C(=O)NCC2CCN(CCCCCCCCC(=O)O)CC2)c2c1CCO2. The summed E-state index contributed by atoms with van der Waals surface area (Å²) >= 11 is 6.21. The number of carboxylic acid groups (broad SMARTS) is 1. The van der Waals surface area contributed by atoms with Crippen molar-refractivity contribution in [1.29, 1.82) is 0 Å². The second-order valence-corrected chi connectivity index (χ2v) is 9.39. The van der Waals surface area contributed by atoms with Gasteiger partial charge in [-0.2, -0.15) is 0 Å². The molecule has 32 heavy (non-hydrogen) atoms. The zero-order valence-electron chi connectivity index (χ0n) is 18.8. The molecule has 1 fully saturated rings. The molecule has 1 aromatic rings. The number of unbranched alkanes of at least 4 members (excludes halogenated alkanes) is 5. The number of fused-ring (bicyclic) bond motifs is 1. The Hall–Kier alpha value is -1.99. The predicted octanol–water partition coefficient (Wildman–Crippen LogP) is 4.11. The van der Waals surface area contributed by atoms with E-state index in [1.807, 2.05) is 0 Å². The fourth-order valence-electron chi connectivity index (χ4n) is 4.60. The molecule has 0 aromatic heterocycles. The standard InChI is InChI=1S/C24H36ClN3O4/c25-20-15-19(23-18(22(20)26)10-14-32-23)24(31)27-16-17-8-12-28(13-9-17)11-6-4-2-1-3-5-7-21(29)30/h15,17H,1-14,16,26H2,(H,27,31)(H,29,30). The molecule has 1 aromatic carbocycles. The zero-order valence-corrected chi connectivity index (χ0v) is 19.6. The number of carbonyl (C=O) groups is 2. The number of ether oxygens (including phenoxy) is 1. The lowest BCUT2D eigenvalue weighted by Gasteiger charge is -2.32. The van der Waals surface area contributed by atoms with Crippen LogP contribution in [0.1, 0.15) is 73.7 Å². The van der Waals surface area contributed by atoms with Crippen LogP contribution in [0.5, 0.6) is 5.75 Å². The van der Waals surface area contributed by atoms with Crippen LogP contribution in [0.3, 0.4) is 0 Å². The van der Waals surface area contributed by atoms with Crippen LogP contribution in [-0.2, 0) is 11.2 Å². The van der Waals surface area contributed by atoms with Crippen molar-refractivity contribution in [2.45, 2.75) is 64.2 Å². The summed E-state index contributed by atoms with van der Waals surface area (Å²) in [6.07, 6.45) is 9.68. The molecule has 1 saturated heterocycles. The van der Waals surface area contributed by atoms with Crippen LogP contribution in [0, 0.1) is 5.92 Å². The van der Waals surface area contributed by atoms with Gasteiger partial charge in [-0.25, -0.2) is 0 Å². The Bertz CT molecular complexity index is 794. The van der Waals surface area contributed by atoms with Gasteiger partial charge in [-0.1, -0.05) is 37.3 Å². The maximum Gasteiger partial charge on any atom is 0.303 e. The summed E-state index contributed by atoms with van der Waals surface area (Å²) < 4.78 is 5.65. The Morgan fingerprint density at radius 3 is 2.56 bits per heavy atom. The Labute approximate surface area is 195 Å². The van der Waals surface area contributed by atoms with Gasteiger partial charge in [0.2, 0.25) is 0 Å². The number of hydrogen-bond donors (Lipinski definition) is 3. The number of piperidine rings is 1. The topological polar surface area (TPSA) is 105 Å². The fourth-order valence-corrected chi connectivity index (χ4v) is 4.82. The highest BCUT2D eigenvalue weighted by molar-refractivity contribution is 6.33. The highest BCUT2D eigenvalue weighted by Gasteiger charge is 2.26. The van der Waals surface area contributed by atoms with Gasteiger partial charge in [-0.15, -0.1) is 0 Å². The lowest BCUT2D eigenvalue weighted by Crippen LogP contribution is -2.39. The lowest BCUT2D eigenvalue weighted by atomic mass is 9.96. The Kier molecular flexibility index (Phi) is 9.48. The molecule has 2 heterocycles. The molecule has 2 aliphatic heterocycles. The van der Waals surface area contributed by atoms with E-state index in [9.17, 15) is 9.59 Å². The van der Waals surface area contributed by atoms with E-state index in [0.29, 0.717) is 53.9 Å². The van der Waals surface area contributed by atoms with E-state index < -0.39 is 5.97 Å². The summed E-state index contributed by atoms with van der Waals surface area (Å²) in [5.41, 5.74) is 7.86. The molecule has 0 aliphatic carbocycles. The van der Waals surface area contributed by atoms with Crippen molar-refractivity contribution < 1.29 is 19.4 Å². The number of benzene rings is 1. The van der Waals surface area contributed by atoms with Crippen LogP contribution in [0.2, 0.25) is 5.02 Å². The molecule has 0 unspecified atom stereocenters. The number of nitrogens with two attached hydrogens (primary N) is 1. The largest absolute Gasteiger partial charge is 0.492 e. The van der Waals surface area contributed by atoms with Crippen LogP contribution in [-0.4, -0.2) is 54.7 Å². The number of anilines is 1. The van der Waals surface area contributed by atoms with Crippen molar-refractivity contribution in [3.05, 3.63) is 22.2 Å². The fraction of sp³-hybridized carbons (Fsp3) is 0.667.